The number of nitrogens with zero attached hydrogens (tertiary/aromatic N) is 4. The minimum absolute atomic E-state index is 0.624. The van der Waals surface area contributed by atoms with Gasteiger partial charge in [-0.1, -0.05) is 23.8 Å². The van der Waals surface area contributed by atoms with Crippen LogP contribution in [-0.4, -0.2) is 43.3 Å². The lowest BCUT2D eigenvalue weighted by molar-refractivity contribution is 0.413. The van der Waals surface area contributed by atoms with Crippen LogP contribution in [0.15, 0.2) is 65.3 Å². The van der Waals surface area contributed by atoms with Crippen molar-refractivity contribution in [1.29, 1.82) is 0 Å². The van der Waals surface area contributed by atoms with Crippen LogP contribution in [0, 0.1) is 6.92 Å². The highest BCUT2D eigenvalue weighted by Crippen LogP contribution is 2.32. The fourth-order valence-electron chi connectivity index (χ4n) is 4.03. The van der Waals surface area contributed by atoms with Crippen molar-refractivity contribution in [1.82, 2.24) is 9.97 Å². The molecule has 0 bridgehead atoms. The summed E-state index contributed by atoms with van der Waals surface area (Å²) in [6.45, 7) is 5.64. The van der Waals surface area contributed by atoms with Crippen LogP contribution in [0.1, 0.15) is 5.56 Å². The molecule has 152 valence electrons. The van der Waals surface area contributed by atoms with Crippen molar-refractivity contribution in [2.24, 2.45) is 0 Å². The van der Waals surface area contributed by atoms with Crippen LogP contribution in [0.2, 0.25) is 0 Å². The summed E-state index contributed by atoms with van der Waals surface area (Å²) in [7, 11) is 1.72. The van der Waals surface area contributed by atoms with Crippen LogP contribution in [0.5, 0.6) is 5.75 Å². The van der Waals surface area contributed by atoms with Gasteiger partial charge in [-0.3, -0.25) is 0 Å². The van der Waals surface area contributed by atoms with Gasteiger partial charge in [0.15, 0.2) is 11.6 Å². The van der Waals surface area contributed by atoms with Crippen molar-refractivity contribution in [2.75, 3.05) is 43.1 Å². The third kappa shape index (κ3) is 3.34. The Labute approximate surface area is 175 Å². The van der Waals surface area contributed by atoms with Crippen LogP contribution in [0.3, 0.4) is 0 Å². The molecule has 0 atom stereocenters. The lowest BCUT2D eigenvalue weighted by Crippen LogP contribution is -2.47. The van der Waals surface area contributed by atoms with Crippen molar-refractivity contribution in [3.05, 3.63) is 66.4 Å². The van der Waals surface area contributed by atoms with E-state index in [1.54, 1.807) is 13.4 Å². The van der Waals surface area contributed by atoms with Gasteiger partial charge in [0.2, 0.25) is 0 Å². The van der Waals surface area contributed by atoms with Gasteiger partial charge in [0, 0.05) is 31.6 Å². The average Bonchev–Trinajstić information content (AvgIpc) is 3.33. The summed E-state index contributed by atoms with van der Waals surface area (Å²) in [4.78, 5) is 14.4. The first-order valence-electron chi connectivity index (χ1n) is 10.2. The molecule has 1 saturated heterocycles. The number of anilines is 2. The highest BCUT2D eigenvalue weighted by molar-refractivity contribution is 5.91. The molecular formula is C24H24N4O2. The van der Waals surface area contributed by atoms with Crippen molar-refractivity contribution in [3.8, 4) is 17.3 Å². The molecular weight excluding hydrogens is 376 g/mol. The molecule has 0 saturated carbocycles. The number of ether oxygens (including phenoxy) is 1. The first-order valence-corrected chi connectivity index (χ1v) is 10.2. The summed E-state index contributed by atoms with van der Waals surface area (Å²) < 4.78 is 11.1. The van der Waals surface area contributed by atoms with E-state index in [-0.39, 0.29) is 0 Å². The minimum atomic E-state index is 0.624. The molecule has 3 heterocycles. The minimum Gasteiger partial charge on any atom is -0.495 e. The Hall–Kier alpha value is -3.54. The van der Waals surface area contributed by atoms with Gasteiger partial charge in [-0.15, -0.1) is 0 Å². The number of aromatic nitrogens is 2. The molecule has 6 nitrogen and oxygen atoms in total. The van der Waals surface area contributed by atoms with E-state index >= 15 is 0 Å². The normalized spacial score (nSPS) is 14.3. The van der Waals surface area contributed by atoms with Gasteiger partial charge in [0.05, 0.1) is 24.6 Å². The Morgan fingerprint density at radius 2 is 1.70 bits per heavy atom. The van der Waals surface area contributed by atoms with Gasteiger partial charge in [0.25, 0.3) is 0 Å². The second-order valence-corrected chi connectivity index (χ2v) is 7.51. The third-order valence-electron chi connectivity index (χ3n) is 5.58. The third-order valence-corrected chi connectivity index (χ3v) is 5.58. The number of aryl methyl sites for hydroxylation is 1. The number of piperazine rings is 1. The Kier molecular flexibility index (Phi) is 4.75. The van der Waals surface area contributed by atoms with E-state index in [0.717, 1.165) is 54.3 Å². The molecule has 4 aromatic rings. The summed E-state index contributed by atoms with van der Waals surface area (Å²) in [6.07, 6.45) is 1.66. The Morgan fingerprint density at radius 1 is 0.900 bits per heavy atom. The highest BCUT2D eigenvalue weighted by Gasteiger charge is 2.23. The largest absolute Gasteiger partial charge is 0.495 e. The zero-order valence-electron chi connectivity index (χ0n) is 17.2. The van der Waals surface area contributed by atoms with E-state index in [4.69, 9.17) is 19.1 Å². The lowest BCUT2D eigenvalue weighted by Gasteiger charge is -2.37. The van der Waals surface area contributed by atoms with E-state index in [1.807, 2.05) is 24.3 Å². The van der Waals surface area contributed by atoms with Gasteiger partial charge in [-0.25, -0.2) is 9.97 Å². The summed E-state index contributed by atoms with van der Waals surface area (Å²) in [5.74, 6) is 3.19. The van der Waals surface area contributed by atoms with E-state index in [0.29, 0.717) is 11.6 Å². The fourth-order valence-corrected chi connectivity index (χ4v) is 4.03. The monoisotopic (exact) mass is 400 g/mol. The van der Waals surface area contributed by atoms with E-state index < -0.39 is 0 Å². The maximum absolute atomic E-state index is 5.57. The molecule has 0 aliphatic carbocycles. The van der Waals surface area contributed by atoms with Crippen molar-refractivity contribution in [3.63, 3.8) is 0 Å². The predicted molar refractivity (Wildman–Crippen MR) is 119 cm³/mol. The summed E-state index contributed by atoms with van der Waals surface area (Å²) in [6, 6.07) is 18.3. The van der Waals surface area contributed by atoms with Crippen LogP contribution < -0.4 is 14.5 Å². The van der Waals surface area contributed by atoms with Gasteiger partial charge in [0.1, 0.15) is 11.6 Å². The zero-order chi connectivity index (χ0) is 20.5. The molecule has 0 spiro atoms. The summed E-state index contributed by atoms with van der Waals surface area (Å²) in [5.41, 5.74) is 3.27. The van der Waals surface area contributed by atoms with E-state index in [2.05, 4.69) is 47.1 Å². The summed E-state index contributed by atoms with van der Waals surface area (Å²) in [5, 5.41) is 1.08. The molecule has 0 radical (unpaired) electrons. The average molecular weight is 400 g/mol. The summed E-state index contributed by atoms with van der Waals surface area (Å²) >= 11 is 0. The molecule has 0 unspecified atom stereocenters. The van der Waals surface area contributed by atoms with Crippen LogP contribution in [0.4, 0.5) is 11.5 Å². The molecule has 0 N–H and O–H groups in total. The molecule has 1 aliphatic rings. The molecule has 2 aromatic heterocycles. The second-order valence-electron chi connectivity index (χ2n) is 7.51. The number of hydrogen-bond donors (Lipinski definition) is 0. The zero-order valence-corrected chi connectivity index (χ0v) is 17.2. The van der Waals surface area contributed by atoms with Crippen molar-refractivity contribution in [2.45, 2.75) is 6.92 Å². The molecule has 1 fully saturated rings. The Bertz CT molecular complexity index is 1170. The first kappa shape index (κ1) is 18.5. The van der Waals surface area contributed by atoms with Gasteiger partial charge >= 0.3 is 0 Å². The highest BCUT2D eigenvalue weighted by atomic mass is 16.5. The maximum atomic E-state index is 5.57. The number of para-hydroxylation sites is 2. The SMILES string of the molecule is COc1ccccc1N1CCN(c2nc(-c3ccco3)nc3ccc(C)cc23)CC1. The fraction of sp³-hybridized carbons (Fsp3) is 0.250. The van der Waals surface area contributed by atoms with Crippen LogP contribution in [0.25, 0.3) is 22.5 Å². The van der Waals surface area contributed by atoms with Crippen molar-refractivity contribution < 1.29 is 9.15 Å². The number of rotatable bonds is 4. The van der Waals surface area contributed by atoms with E-state index in [1.165, 1.54) is 5.56 Å². The van der Waals surface area contributed by atoms with Gasteiger partial charge < -0.3 is 19.0 Å². The van der Waals surface area contributed by atoms with Gasteiger partial charge in [-0.2, -0.15) is 0 Å². The quantitative estimate of drug-likeness (QED) is 0.502. The smallest absolute Gasteiger partial charge is 0.198 e. The molecule has 6 heteroatoms. The number of hydrogen-bond acceptors (Lipinski definition) is 6. The maximum Gasteiger partial charge on any atom is 0.198 e. The van der Waals surface area contributed by atoms with Crippen LogP contribution >= 0.6 is 0 Å². The standard InChI is InChI=1S/C24H24N4O2/c1-17-9-10-19-18(16-17)24(26-23(25-19)22-8-5-15-30-22)28-13-11-27(12-14-28)20-6-3-4-7-21(20)29-2/h3-10,15-16H,11-14H2,1-2H3. The van der Waals surface area contributed by atoms with Crippen molar-refractivity contribution >= 4 is 22.4 Å². The predicted octanol–water partition coefficient (Wildman–Crippen LogP) is 4.53. The molecule has 5 rings (SSSR count). The Morgan fingerprint density at radius 3 is 2.47 bits per heavy atom. The number of fused-ring (bicyclic) bond motifs is 1. The Balaban J connectivity index is 1.48. The molecule has 2 aromatic carbocycles. The van der Waals surface area contributed by atoms with Crippen LogP contribution in [-0.2, 0) is 0 Å². The lowest BCUT2D eigenvalue weighted by atomic mass is 10.1. The number of benzene rings is 2. The first-order chi connectivity index (χ1) is 14.7. The van der Waals surface area contributed by atoms with E-state index in [9.17, 15) is 0 Å². The topological polar surface area (TPSA) is 54.6 Å². The molecule has 0 amide bonds. The molecule has 1 aliphatic heterocycles. The number of methoxy groups -OCH3 is 1. The molecule has 30 heavy (non-hydrogen) atoms. The second kappa shape index (κ2) is 7.71. The van der Waals surface area contributed by atoms with Gasteiger partial charge in [-0.05, 0) is 43.3 Å². The number of furan rings is 1.